The lowest BCUT2D eigenvalue weighted by Gasteiger charge is -2.26. The number of hydrogen-bond acceptors (Lipinski definition) is 3. The van der Waals surface area contributed by atoms with E-state index in [-0.39, 0.29) is 15.5 Å². The maximum Gasteiger partial charge on any atom is 0.257 e. The van der Waals surface area contributed by atoms with Gasteiger partial charge in [-0.05, 0) is 68.1 Å². The standard InChI is InChI=1S/C20H23ClN2O3S/c1-14-6-7-16(12-15(14)2)22-20(24)18-13-17(8-9-19(18)21)27(25,26)23-10-4-3-5-11-23/h6-9,12-13H,3-5,10-11H2,1-2H3,(H,22,24). The number of anilines is 1. The number of aryl methyl sites for hydroxylation is 2. The zero-order valence-corrected chi connectivity index (χ0v) is 17.0. The van der Waals surface area contributed by atoms with E-state index in [9.17, 15) is 13.2 Å². The number of sulfonamides is 1. The molecule has 0 unspecified atom stereocenters. The zero-order valence-electron chi connectivity index (χ0n) is 15.5. The Balaban J connectivity index is 1.88. The van der Waals surface area contributed by atoms with Gasteiger partial charge in [-0.3, -0.25) is 4.79 Å². The van der Waals surface area contributed by atoms with E-state index in [4.69, 9.17) is 11.6 Å². The molecule has 1 heterocycles. The van der Waals surface area contributed by atoms with Gasteiger partial charge in [0, 0.05) is 18.8 Å². The summed E-state index contributed by atoms with van der Waals surface area (Å²) in [6.07, 6.45) is 2.75. The highest BCUT2D eigenvalue weighted by Gasteiger charge is 2.27. The molecule has 0 spiro atoms. The van der Waals surface area contributed by atoms with Gasteiger partial charge >= 0.3 is 0 Å². The van der Waals surface area contributed by atoms with E-state index < -0.39 is 15.9 Å². The molecule has 0 atom stereocenters. The highest BCUT2D eigenvalue weighted by molar-refractivity contribution is 7.89. The summed E-state index contributed by atoms with van der Waals surface area (Å²) in [5.74, 6) is -0.432. The monoisotopic (exact) mass is 406 g/mol. The smallest absolute Gasteiger partial charge is 0.257 e. The van der Waals surface area contributed by atoms with Crippen LogP contribution in [0.3, 0.4) is 0 Å². The Morgan fingerprint density at radius 3 is 2.37 bits per heavy atom. The predicted molar refractivity (Wildman–Crippen MR) is 108 cm³/mol. The van der Waals surface area contributed by atoms with Crippen molar-refractivity contribution in [2.24, 2.45) is 0 Å². The van der Waals surface area contributed by atoms with Crippen molar-refractivity contribution in [1.29, 1.82) is 0 Å². The van der Waals surface area contributed by atoms with Crippen molar-refractivity contribution in [3.05, 3.63) is 58.1 Å². The second-order valence-electron chi connectivity index (χ2n) is 6.86. The van der Waals surface area contributed by atoms with Crippen molar-refractivity contribution < 1.29 is 13.2 Å². The van der Waals surface area contributed by atoms with Gasteiger partial charge in [-0.2, -0.15) is 4.31 Å². The second-order valence-corrected chi connectivity index (χ2v) is 9.20. The molecule has 0 aliphatic carbocycles. The van der Waals surface area contributed by atoms with Crippen LogP contribution in [0.4, 0.5) is 5.69 Å². The summed E-state index contributed by atoms with van der Waals surface area (Å²) in [6, 6.07) is 9.89. The van der Waals surface area contributed by atoms with E-state index in [0.29, 0.717) is 18.8 Å². The molecule has 1 fully saturated rings. The van der Waals surface area contributed by atoms with Crippen molar-refractivity contribution >= 4 is 33.2 Å². The number of amides is 1. The number of halogens is 1. The normalized spacial score (nSPS) is 15.5. The molecule has 144 valence electrons. The fourth-order valence-electron chi connectivity index (χ4n) is 3.11. The summed E-state index contributed by atoms with van der Waals surface area (Å²) in [4.78, 5) is 12.8. The summed E-state index contributed by atoms with van der Waals surface area (Å²) >= 11 is 6.18. The topological polar surface area (TPSA) is 66.5 Å². The van der Waals surface area contributed by atoms with Crippen LogP contribution >= 0.6 is 11.6 Å². The van der Waals surface area contributed by atoms with Gasteiger partial charge in [-0.25, -0.2) is 8.42 Å². The van der Waals surface area contributed by atoms with Crippen molar-refractivity contribution in [3.8, 4) is 0 Å². The van der Waals surface area contributed by atoms with E-state index >= 15 is 0 Å². The van der Waals surface area contributed by atoms with Crippen molar-refractivity contribution in [1.82, 2.24) is 4.31 Å². The molecule has 1 aliphatic rings. The fraction of sp³-hybridized carbons (Fsp3) is 0.350. The summed E-state index contributed by atoms with van der Waals surface area (Å²) in [7, 11) is -3.63. The van der Waals surface area contributed by atoms with Gasteiger partial charge in [-0.15, -0.1) is 0 Å². The lowest BCUT2D eigenvalue weighted by atomic mass is 10.1. The molecule has 2 aromatic carbocycles. The number of nitrogens with zero attached hydrogens (tertiary/aromatic N) is 1. The van der Waals surface area contributed by atoms with Crippen LogP contribution < -0.4 is 5.32 Å². The van der Waals surface area contributed by atoms with Crippen LogP contribution in [0.25, 0.3) is 0 Å². The summed E-state index contributed by atoms with van der Waals surface area (Å²) in [5.41, 5.74) is 2.97. The van der Waals surface area contributed by atoms with Gasteiger partial charge in [0.25, 0.3) is 5.91 Å². The van der Waals surface area contributed by atoms with Gasteiger partial charge in [0.2, 0.25) is 10.0 Å². The van der Waals surface area contributed by atoms with E-state index in [1.165, 1.54) is 22.5 Å². The van der Waals surface area contributed by atoms with E-state index in [0.717, 1.165) is 30.4 Å². The first-order valence-corrected chi connectivity index (χ1v) is 10.8. The van der Waals surface area contributed by atoms with E-state index in [2.05, 4.69) is 5.32 Å². The molecule has 5 nitrogen and oxygen atoms in total. The number of carbonyl (C=O) groups is 1. The number of benzene rings is 2. The summed E-state index contributed by atoms with van der Waals surface area (Å²) in [5, 5.41) is 3.01. The van der Waals surface area contributed by atoms with Gasteiger partial charge < -0.3 is 5.32 Å². The molecule has 7 heteroatoms. The Kier molecular flexibility index (Phi) is 5.89. The third-order valence-electron chi connectivity index (χ3n) is 4.90. The van der Waals surface area contributed by atoms with Crippen LogP contribution in [0.2, 0.25) is 5.02 Å². The first kappa shape index (κ1) is 19.9. The number of nitrogens with one attached hydrogen (secondary N) is 1. The maximum absolute atomic E-state index is 12.9. The molecule has 1 amide bonds. The van der Waals surface area contributed by atoms with Crippen molar-refractivity contribution in [2.45, 2.75) is 38.0 Å². The van der Waals surface area contributed by atoms with Crippen LogP contribution in [0.5, 0.6) is 0 Å². The molecule has 0 radical (unpaired) electrons. The average molecular weight is 407 g/mol. The van der Waals surface area contributed by atoms with Crippen molar-refractivity contribution in [3.63, 3.8) is 0 Å². The van der Waals surface area contributed by atoms with E-state index in [1.807, 2.05) is 32.0 Å². The third-order valence-corrected chi connectivity index (χ3v) is 7.12. The Bertz CT molecular complexity index is 967. The minimum absolute atomic E-state index is 0.0963. The van der Waals surface area contributed by atoms with Crippen LogP contribution in [0.1, 0.15) is 40.7 Å². The number of piperidine rings is 1. The Morgan fingerprint density at radius 2 is 1.70 bits per heavy atom. The largest absolute Gasteiger partial charge is 0.322 e. The molecule has 1 N–H and O–H groups in total. The molecule has 3 rings (SSSR count). The molecule has 0 bridgehead atoms. The predicted octanol–water partition coefficient (Wildman–Crippen LogP) is 4.38. The molecular weight excluding hydrogens is 384 g/mol. The zero-order chi connectivity index (χ0) is 19.6. The summed E-state index contributed by atoms with van der Waals surface area (Å²) in [6.45, 7) is 4.97. The highest BCUT2D eigenvalue weighted by atomic mass is 35.5. The lowest BCUT2D eigenvalue weighted by Crippen LogP contribution is -2.35. The minimum atomic E-state index is -3.63. The Morgan fingerprint density at radius 1 is 1.00 bits per heavy atom. The first-order valence-electron chi connectivity index (χ1n) is 8.97. The maximum atomic E-state index is 12.9. The summed E-state index contributed by atoms with van der Waals surface area (Å²) < 4.78 is 27.2. The van der Waals surface area contributed by atoms with Crippen LogP contribution in [0.15, 0.2) is 41.3 Å². The molecular formula is C20H23ClN2O3S. The van der Waals surface area contributed by atoms with Gasteiger partial charge in [-0.1, -0.05) is 24.1 Å². The Labute approximate surface area is 165 Å². The third kappa shape index (κ3) is 4.34. The molecule has 1 aliphatic heterocycles. The molecule has 0 aromatic heterocycles. The fourth-order valence-corrected chi connectivity index (χ4v) is 4.86. The van der Waals surface area contributed by atoms with Crippen LogP contribution in [-0.4, -0.2) is 31.7 Å². The van der Waals surface area contributed by atoms with E-state index in [1.54, 1.807) is 0 Å². The lowest BCUT2D eigenvalue weighted by molar-refractivity contribution is 0.102. The SMILES string of the molecule is Cc1ccc(NC(=O)c2cc(S(=O)(=O)N3CCCCC3)ccc2Cl)cc1C. The van der Waals surface area contributed by atoms with Gasteiger partial charge in [0.05, 0.1) is 15.5 Å². The first-order chi connectivity index (χ1) is 12.8. The molecule has 27 heavy (non-hydrogen) atoms. The molecule has 2 aromatic rings. The van der Waals surface area contributed by atoms with Crippen LogP contribution in [0, 0.1) is 13.8 Å². The van der Waals surface area contributed by atoms with Crippen molar-refractivity contribution in [2.75, 3.05) is 18.4 Å². The quantitative estimate of drug-likeness (QED) is 0.819. The Hall–Kier alpha value is -1.89. The van der Waals surface area contributed by atoms with Crippen LogP contribution in [-0.2, 0) is 10.0 Å². The van der Waals surface area contributed by atoms with Gasteiger partial charge in [0.15, 0.2) is 0 Å². The number of carbonyl (C=O) groups excluding carboxylic acids is 1. The highest BCUT2D eigenvalue weighted by Crippen LogP contribution is 2.26. The van der Waals surface area contributed by atoms with Gasteiger partial charge in [0.1, 0.15) is 0 Å². The molecule has 1 saturated heterocycles. The molecule has 0 saturated carbocycles. The number of hydrogen-bond donors (Lipinski definition) is 1. The second kappa shape index (κ2) is 8.00. The number of rotatable bonds is 4. The minimum Gasteiger partial charge on any atom is -0.322 e. The average Bonchev–Trinajstić information content (AvgIpc) is 2.65.